The molecule has 1 N–H and O–H groups in total. The van der Waals surface area contributed by atoms with Gasteiger partial charge in [0.25, 0.3) is 0 Å². The van der Waals surface area contributed by atoms with Crippen LogP contribution in [0.2, 0.25) is 0 Å². The predicted molar refractivity (Wildman–Crippen MR) is 57.6 cm³/mol. The number of nitrogens with zero attached hydrogens (tertiary/aromatic N) is 1. The van der Waals surface area contributed by atoms with E-state index in [1.807, 2.05) is 13.0 Å². The lowest BCUT2D eigenvalue weighted by molar-refractivity contribution is 0.399. The van der Waals surface area contributed by atoms with Crippen molar-refractivity contribution in [3.63, 3.8) is 0 Å². The third-order valence-corrected chi connectivity index (χ3v) is 3.05. The molecule has 14 heavy (non-hydrogen) atoms. The molecule has 0 saturated carbocycles. The van der Waals surface area contributed by atoms with Crippen molar-refractivity contribution in [3.05, 3.63) is 33.7 Å². The maximum atomic E-state index is 4.96. The summed E-state index contributed by atoms with van der Waals surface area (Å²) in [6, 6.07) is 4.01. The van der Waals surface area contributed by atoms with Gasteiger partial charge in [0, 0.05) is 10.9 Å². The third kappa shape index (κ3) is 1.96. The number of anilines is 1. The van der Waals surface area contributed by atoms with Crippen LogP contribution in [0, 0.1) is 13.8 Å². The van der Waals surface area contributed by atoms with Crippen molar-refractivity contribution in [1.82, 2.24) is 5.16 Å². The molecule has 4 heteroatoms. The van der Waals surface area contributed by atoms with Crippen LogP contribution in [0.1, 0.15) is 16.2 Å². The van der Waals surface area contributed by atoms with E-state index in [1.165, 1.54) is 10.4 Å². The Bertz CT molecular complexity index is 419. The Balaban J connectivity index is 1.98. The Kier molecular flexibility index (Phi) is 2.54. The standard InChI is InChI=1S/C10H12N2OS/c1-7-3-4-14-9(7)6-11-10-5-8(2)13-12-10/h3-5H,6H2,1-2H3,(H,11,12). The molecule has 74 valence electrons. The van der Waals surface area contributed by atoms with E-state index in [9.17, 15) is 0 Å². The van der Waals surface area contributed by atoms with Crippen LogP contribution in [0.3, 0.4) is 0 Å². The molecular formula is C10H12N2OS. The van der Waals surface area contributed by atoms with E-state index in [1.54, 1.807) is 11.3 Å². The number of hydrogen-bond donors (Lipinski definition) is 1. The molecule has 0 unspecified atom stereocenters. The number of rotatable bonds is 3. The van der Waals surface area contributed by atoms with Crippen molar-refractivity contribution < 1.29 is 4.52 Å². The van der Waals surface area contributed by atoms with E-state index in [-0.39, 0.29) is 0 Å². The molecule has 0 aromatic carbocycles. The van der Waals surface area contributed by atoms with Crippen molar-refractivity contribution in [3.8, 4) is 0 Å². The molecule has 0 radical (unpaired) electrons. The average molecular weight is 208 g/mol. The molecule has 0 aliphatic rings. The maximum absolute atomic E-state index is 4.96. The quantitative estimate of drug-likeness (QED) is 0.842. The molecular weight excluding hydrogens is 196 g/mol. The van der Waals surface area contributed by atoms with Crippen molar-refractivity contribution in [2.45, 2.75) is 20.4 Å². The molecule has 2 heterocycles. The zero-order chi connectivity index (χ0) is 9.97. The summed E-state index contributed by atoms with van der Waals surface area (Å²) in [5.41, 5.74) is 1.32. The van der Waals surface area contributed by atoms with Gasteiger partial charge in [-0.25, -0.2) is 0 Å². The minimum Gasteiger partial charge on any atom is -0.362 e. The van der Waals surface area contributed by atoms with Crippen LogP contribution in [-0.2, 0) is 6.54 Å². The summed E-state index contributed by atoms with van der Waals surface area (Å²) < 4.78 is 4.96. The fraction of sp³-hybridized carbons (Fsp3) is 0.300. The van der Waals surface area contributed by atoms with Gasteiger partial charge >= 0.3 is 0 Å². The Morgan fingerprint density at radius 1 is 1.50 bits per heavy atom. The zero-order valence-electron chi connectivity index (χ0n) is 8.20. The second-order valence-electron chi connectivity index (χ2n) is 3.20. The van der Waals surface area contributed by atoms with Gasteiger partial charge in [0.15, 0.2) is 5.82 Å². The molecule has 2 aromatic rings. The van der Waals surface area contributed by atoms with Crippen LogP contribution in [0.15, 0.2) is 22.0 Å². The zero-order valence-corrected chi connectivity index (χ0v) is 9.02. The van der Waals surface area contributed by atoms with E-state index < -0.39 is 0 Å². The second kappa shape index (κ2) is 3.84. The van der Waals surface area contributed by atoms with Crippen molar-refractivity contribution in [2.75, 3.05) is 5.32 Å². The molecule has 0 aliphatic carbocycles. The van der Waals surface area contributed by atoms with Gasteiger partial charge in [-0.2, -0.15) is 0 Å². The number of nitrogens with one attached hydrogen (secondary N) is 1. The fourth-order valence-corrected chi connectivity index (χ4v) is 2.05. The summed E-state index contributed by atoms with van der Waals surface area (Å²) in [6.07, 6.45) is 0. The highest BCUT2D eigenvalue weighted by Gasteiger charge is 2.02. The minimum atomic E-state index is 0.801. The largest absolute Gasteiger partial charge is 0.362 e. The molecule has 3 nitrogen and oxygen atoms in total. The summed E-state index contributed by atoms with van der Waals surface area (Å²) in [5.74, 6) is 1.63. The summed E-state index contributed by atoms with van der Waals surface area (Å²) in [7, 11) is 0. The number of aryl methyl sites for hydroxylation is 2. The van der Waals surface area contributed by atoms with Gasteiger partial charge in [0.05, 0.1) is 6.54 Å². The summed E-state index contributed by atoms with van der Waals surface area (Å²) in [4.78, 5) is 1.34. The van der Waals surface area contributed by atoms with Crippen LogP contribution >= 0.6 is 11.3 Å². The van der Waals surface area contributed by atoms with E-state index in [0.717, 1.165) is 18.1 Å². The lowest BCUT2D eigenvalue weighted by Crippen LogP contribution is -1.98. The van der Waals surface area contributed by atoms with Gasteiger partial charge in [0.1, 0.15) is 5.76 Å². The van der Waals surface area contributed by atoms with Crippen LogP contribution in [0.4, 0.5) is 5.82 Å². The van der Waals surface area contributed by atoms with E-state index >= 15 is 0 Å². The SMILES string of the molecule is Cc1cc(NCc2sccc2C)no1. The first kappa shape index (κ1) is 9.27. The lowest BCUT2D eigenvalue weighted by Gasteiger charge is -2.00. The molecule has 2 rings (SSSR count). The van der Waals surface area contributed by atoms with Crippen LogP contribution < -0.4 is 5.32 Å². The molecule has 0 atom stereocenters. The fourth-order valence-electron chi connectivity index (χ4n) is 1.21. The monoisotopic (exact) mass is 208 g/mol. The first-order chi connectivity index (χ1) is 6.75. The molecule has 0 aliphatic heterocycles. The number of aromatic nitrogens is 1. The molecule has 2 aromatic heterocycles. The van der Waals surface area contributed by atoms with Crippen LogP contribution in [0.25, 0.3) is 0 Å². The smallest absolute Gasteiger partial charge is 0.169 e. The Hall–Kier alpha value is -1.29. The lowest BCUT2D eigenvalue weighted by atomic mass is 10.3. The normalized spacial score (nSPS) is 10.4. The van der Waals surface area contributed by atoms with Gasteiger partial charge in [-0.05, 0) is 30.9 Å². The predicted octanol–water partition coefficient (Wildman–Crippen LogP) is 2.97. The molecule has 0 fully saturated rings. The second-order valence-corrected chi connectivity index (χ2v) is 4.20. The first-order valence-corrected chi connectivity index (χ1v) is 5.34. The Morgan fingerprint density at radius 2 is 2.36 bits per heavy atom. The Labute approximate surface area is 86.7 Å². The number of hydrogen-bond acceptors (Lipinski definition) is 4. The third-order valence-electron chi connectivity index (χ3n) is 2.03. The van der Waals surface area contributed by atoms with Crippen LogP contribution in [-0.4, -0.2) is 5.16 Å². The maximum Gasteiger partial charge on any atom is 0.169 e. The Morgan fingerprint density at radius 3 is 2.93 bits per heavy atom. The highest BCUT2D eigenvalue weighted by Crippen LogP contribution is 2.17. The molecule has 0 spiro atoms. The highest BCUT2D eigenvalue weighted by atomic mass is 32.1. The first-order valence-electron chi connectivity index (χ1n) is 4.46. The highest BCUT2D eigenvalue weighted by molar-refractivity contribution is 7.10. The van der Waals surface area contributed by atoms with Crippen LogP contribution in [0.5, 0.6) is 0 Å². The molecule has 0 amide bonds. The van der Waals surface area contributed by atoms with E-state index in [0.29, 0.717) is 0 Å². The average Bonchev–Trinajstić information content (AvgIpc) is 2.72. The summed E-state index contributed by atoms with van der Waals surface area (Å²) in [6.45, 7) is 4.81. The molecule has 0 bridgehead atoms. The minimum absolute atomic E-state index is 0.801. The summed E-state index contributed by atoms with van der Waals surface area (Å²) >= 11 is 1.75. The van der Waals surface area contributed by atoms with E-state index in [2.05, 4.69) is 28.8 Å². The number of thiophene rings is 1. The van der Waals surface area contributed by atoms with Gasteiger partial charge in [-0.15, -0.1) is 11.3 Å². The van der Waals surface area contributed by atoms with Crippen molar-refractivity contribution >= 4 is 17.2 Å². The topological polar surface area (TPSA) is 38.1 Å². The summed E-state index contributed by atoms with van der Waals surface area (Å²) in [5, 5.41) is 9.18. The van der Waals surface area contributed by atoms with Crippen molar-refractivity contribution in [1.29, 1.82) is 0 Å². The van der Waals surface area contributed by atoms with E-state index in [4.69, 9.17) is 4.52 Å². The van der Waals surface area contributed by atoms with Gasteiger partial charge < -0.3 is 9.84 Å². The van der Waals surface area contributed by atoms with Crippen molar-refractivity contribution in [2.24, 2.45) is 0 Å². The molecule has 0 saturated heterocycles. The van der Waals surface area contributed by atoms with Gasteiger partial charge in [-0.1, -0.05) is 5.16 Å². The van der Waals surface area contributed by atoms with Gasteiger partial charge in [-0.3, -0.25) is 0 Å². The van der Waals surface area contributed by atoms with Gasteiger partial charge in [0.2, 0.25) is 0 Å².